The van der Waals surface area contributed by atoms with Gasteiger partial charge in [-0.05, 0) is 19.1 Å². The van der Waals surface area contributed by atoms with E-state index in [-0.39, 0.29) is 33.8 Å². The van der Waals surface area contributed by atoms with Crippen molar-refractivity contribution in [1.29, 1.82) is 0 Å². The third-order valence-corrected chi connectivity index (χ3v) is 3.13. The molecule has 2 aromatic rings. The van der Waals surface area contributed by atoms with Crippen molar-refractivity contribution in [3.8, 4) is 5.75 Å². The van der Waals surface area contributed by atoms with Gasteiger partial charge in [0.15, 0.2) is 11.4 Å². The molecule has 0 saturated heterocycles. The van der Waals surface area contributed by atoms with E-state index in [2.05, 4.69) is 0 Å². The average molecular weight is 282 g/mol. The number of halogens is 1. The predicted molar refractivity (Wildman–Crippen MR) is 71.8 cm³/mol. The van der Waals surface area contributed by atoms with E-state index in [0.717, 1.165) is 4.57 Å². The Balaban J connectivity index is 2.91. The van der Waals surface area contributed by atoms with Crippen LogP contribution in [0, 0.1) is 0 Å². The first-order valence-electron chi connectivity index (χ1n) is 5.66. The molecular formula is C13H12ClNO4. The van der Waals surface area contributed by atoms with E-state index in [9.17, 15) is 14.7 Å². The highest BCUT2D eigenvalue weighted by molar-refractivity contribution is 6.36. The molecule has 2 rings (SSSR count). The van der Waals surface area contributed by atoms with Crippen molar-refractivity contribution in [3.63, 3.8) is 0 Å². The van der Waals surface area contributed by atoms with Crippen LogP contribution in [0.5, 0.6) is 5.75 Å². The summed E-state index contributed by atoms with van der Waals surface area (Å²) in [6, 6.07) is 4.69. The summed E-state index contributed by atoms with van der Waals surface area (Å²) in [4.78, 5) is 24.0. The molecule has 0 aliphatic heterocycles. The third-order valence-electron chi connectivity index (χ3n) is 2.81. The summed E-state index contributed by atoms with van der Waals surface area (Å²) in [5, 5.41) is 10.8. The first kappa shape index (κ1) is 13.4. The smallest absolute Gasteiger partial charge is 0.358 e. The molecule has 0 bridgehead atoms. The summed E-state index contributed by atoms with van der Waals surface area (Å²) in [5.74, 6) is -1.11. The molecule has 0 aliphatic carbocycles. The fourth-order valence-corrected chi connectivity index (χ4v) is 2.20. The minimum atomic E-state index is -0.763. The highest BCUT2D eigenvalue weighted by atomic mass is 35.5. The SMILES string of the molecule is CCOC(=O)c1c(O)c2c(Cl)cccc2c(=O)n1C. The van der Waals surface area contributed by atoms with Gasteiger partial charge in [-0.3, -0.25) is 4.79 Å². The van der Waals surface area contributed by atoms with Crippen molar-refractivity contribution in [2.75, 3.05) is 6.61 Å². The van der Waals surface area contributed by atoms with E-state index in [1.165, 1.54) is 19.2 Å². The quantitative estimate of drug-likeness (QED) is 0.856. The van der Waals surface area contributed by atoms with Crippen LogP contribution in [0.15, 0.2) is 23.0 Å². The van der Waals surface area contributed by atoms with Gasteiger partial charge in [0.05, 0.1) is 22.4 Å². The van der Waals surface area contributed by atoms with Crippen LogP contribution >= 0.6 is 11.6 Å². The monoisotopic (exact) mass is 281 g/mol. The van der Waals surface area contributed by atoms with Crippen LogP contribution in [0.4, 0.5) is 0 Å². The van der Waals surface area contributed by atoms with Gasteiger partial charge in [0.1, 0.15) is 0 Å². The number of benzene rings is 1. The van der Waals surface area contributed by atoms with Crippen molar-refractivity contribution < 1.29 is 14.6 Å². The van der Waals surface area contributed by atoms with Crippen LogP contribution in [0.25, 0.3) is 10.8 Å². The van der Waals surface area contributed by atoms with Gasteiger partial charge < -0.3 is 14.4 Å². The van der Waals surface area contributed by atoms with Gasteiger partial charge in [-0.1, -0.05) is 17.7 Å². The molecule has 1 aromatic carbocycles. The molecule has 0 unspecified atom stereocenters. The molecule has 1 aromatic heterocycles. The van der Waals surface area contributed by atoms with Gasteiger partial charge in [0.2, 0.25) is 0 Å². The van der Waals surface area contributed by atoms with Crippen LogP contribution in [0.1, 0.15) is 17.4 Å². The van der Waals surface area contributed by atoms with E-state index in [1.807, 2.05) is 0 Å². The van der Waals surface area contributed by atoms with Crippen LogP contribution < -0.4 is 5.56 Å². The number of pyridine rings is 1. The number of carbonyl (C=O) groups is 1. The number of aromatic hydroxyl groups is 1. The number of hydrogen-bond acceptors (Lipinski definition) is 4. The molecule has 19 heavy (non-hydrogen) atoms. The third kappa shape index (κ3) is 2.06. The average Bonchev–Trinajstić information content (AvgIpc) is 2.36. The van der Waals surface area contributed by atoms with E-state index < -0.39 is 11.5 Å². The van der Waals surface area contributed by atoms with Crippen LogP contribution in [0.3, 0.4) is 0 Å². The first-order valence-corrected chi connectivity index (χ1v) is 6.04. The maximum atomic E-state index is 12.1. The van der Waals surface area contributed by atoms with Crippen molar-refractivity contribution in [3.05, 3.63) is 39.3 Å². The highest BCUT2D eigenvalue weighted by Crippen LogP contribution is 2.32. The lowest BCUT2D eigenvalue weighted by Gasteiger charge is -2.12. The van der Waals surface area contributed by atoms with E-state index in [1.54, 1.807) is 13.0 Å². The van der Waals surface area contributed by atoms with Gasteiger partial charge in [-0.2, -0.15) is 0 Å². The number of ether oxygens (including phenoxy) is 1. The Hall–Kier alpha value is -2.01. The molecule has 0 aliphatic rings. The Kier molecular flexibility index (Phi) is 3.48. The number of carbonyl (C=O) groups excluding carboxylic acids is 1. The van der Waals surface area contributed by atoms with E-state index in [0.29, 0.717) is 0 Å². The number of nitrogens with zero attached hydrogens (tertiary/aromatic N) is 1. The van der Waals surface area contributed by atoms with Crippen LogP contribution in [-0.4, -0.2) is 22.2 Å². The second-order valence-corrected chi connectivity index (χ2v) is 4.35. The van der Waals surface area contributed by atoms with E-state index >= 15 is 0 Å². The summed E-state index contributed by atoms with van der Waals surface area (Å²) >= 11 is 5.98. The number of fused-ring (bicyclic) bond motifs is 1. The zero-order chi connectivity index (χ0) is 14.2. The molecule has 0 amide bonds. The standard InChI is InChI=1S/C13H12ClNO4/c1-3-19-13(18)10-11(16)9-7(12(17)15(10)2)5-4-6-8(9)14/h4-6,16H,3H2,1-2H3. The Morgan fingerprint density at radius 1 is 1.47 bits per heavy atom. The van der Waals surface area contributed by atoms with Crippen LogP contribution in [-0.2, 0) is 11.8 Å². The molecular weight excluding hydrogens is 270 g/mol. The van der Waals surface area contributed by atoms with Crippen LogP contribution in [0.2, 0.25) is 5.02 Å². The topological polar surface area (TPSA) is 68.5 Å². The molecule has 0 spiro atoms. The van der Waals surface area contributed by atoms with E-state index in [4.69, 9.17) is 16.3 Å². The summed E-state index contributed by atoms with van der Waals surface area (Å²) in [7, 11) is 1.40. The predicted octanol–water partition coefficient (Wildman–Crippen LogP) is 2.07. The lowest BCUT2D eigenvalue weighted by molar-refractivity contribution is 0.0510. The fourth-order valence-electron chi connectivity index (χ4n) is 1.94. The van der Waals surface area contributed by atoms with Crippen molar-refractivity contribution in [2.45, 2.75) is 6.92 Å². The molecule has 6 heteroatoms. The molecule has 0 saturated carbocycles. The summed E-state index contributed by atoms with van der Waals surface area (Å²) in [6.45, 7) is 1.79. The Labute approximate surface area is 114 Å². The summed E-state index contributed by atoms with van der Waals surface area (Å²) in [6.07, 6.45) is 0. The molecule has 1 N–H and O–H groups in total. The highest BCUT2D eigenvalue weighted by Gasteiger charge is 2.22. The normalized spacial score (nSPS) is 10.7. The van der Waals surface area contributed by atoms with Crippen molar-refractivity contribution >= 4 is 28.3 Å². The largest absolute Gasteiger partial charge is 0.505 e. The Morgan fingerprint density at radius 2 is 2.16 bits per heavy atom. The number of esters is 1. The van der Waals surface area contributed by atoms with Gasteiger partial charge >= 0.3 is 5.97 Å². The molecule has 5 nitrogen and oxygen atoms in total. The lowest BCUT2D eigenvalue weighted by atomic mass is 10.1. The van der Waals surface area contributed by atoms with Crippen molar-refractivity contribution in [1.82, 2.24) is 4.57 Å². The van der Waals surface area contributed by atoms with Gasteiger partial charge in [-0.15, -0.1) is 0 Å². The molecule has 100 valence electrons. The van der Waals surface area contributed by atoms with Gasteiger partial charge in [0, 0.05) is 7.05 Å². The molecule has 1 heterocycles. The Morgan fingerprint density at radius 3 is 2.79 bits per heavy atom. The Bertz CT molecular complexity index is 721. The molecule has 0 fully saturated rings. The maximum absolute atomic E-state index is 12.1. The maximum Gasteiger partial charge on any atom is 0.358 e. The number of aromatic nitrogens is 1. The summed E-state index contributed by atoms with van der Waals surface area (Å²) in [5.41, 5.74) is -0.620. The van der Waals surface area contributed by atoms with Gasteiger partial charge in [0.25, 0.3) is 5.56 Å². The fraction of sp³-hybridized carbons (Fsp3) is 0.231. The van der Waals surface area contributed by atoms with Crippen molar-refractivity contribution in [2.24, 2.45) is 7.05 Å². The first-order chi connectivity index (χ1) is 8.99. The van der Waals surface area contributed by atoms with Gasteiger partial charge in [-0.25, -0.2) is 4.79 Å². The minimum absolute atomic E-state index is 0.146. The number of hydrogen-bond donors (Lipinski definition) is 1. The minimum Gasteiger partial charge on any atom is -0.505 e. The second kappa shape index (κ2) is 4.93. The lowest BCUT2D eigenvalue weighted by Crippen LogP contribution is -2.24. The zero-order valence-electron chi connectivity index (χ0n) is 10.4. The molecule has 0 radical (unpaired) electrons. The molecule has 0 atom stereocenters. The second-order valence-electron chi connectivity index (χ2n) is 3.94. The number of rotatable bonds is 2. The summed E-state index contributed by atoms with van der Waals surface area (Å²) < 4.78 is 5.89. The zero-order valence-corrected chi connectivity index (χ0v) is 11.2.